The number of thioether (sulfide) groups is 1. The molecule has 0 aliphatic heterocycles. The van der Waals surface area contributed by atoms with Gasteiger partial charge in [-0.1, -0.05) is 0 Å². The summed E-state index contributed by atoms with van der Waals surface area (Å²) in [6.45, 7) is 1.80. The maximum absolute atomic E-state index is 11.9. The summed E-state index contributed by atoms with van der Waals surface area (Å²) in [6.07, 6.45) is 3.10. The lowest BCUT2D eigenvalue weighted by molar-refractivity contribution is 0.570. The van der Waals surface area contributed by atoms with Crippen LogP contribution in [-0.2, 0) is 10.0 Å². The third-order valence-corrected chi connectivity index (χ3v) is 4.34. The van der Waals surface area contributed by atoms with E-state index in [9.17, 15) is 8.42 Å². The van der Waals surface area contributed by atoms with E-state index in [4.69, 9.17) is 5.26 Å². The monoisotopic (exact) mass is 271 g/mol. The van der Waals surface area contributed by atoms with Crippen molar-refractivity contribution in [3.8, 4) is 6.07 Å². The number of aromatic nitrogens is 1. The number of hydrogen-bond donors (Lipinski definition) is 1. The van der Waals surface area contributed by atoms with Crippen LogP contribution in [0.1, 0.15) is 12.6 Å². The Morgan fingerprint density at radius 3 is 2.76 bits per heavy atom. The number of sulfonamides is 1. The predicted molar refractivity (Wildman–Crippen MR) is 67.1 cm³/mol. The fourth-order valence-electron chi connectivity index (χ4n) is 1.22. The summed E-state index contributed by atoms with van der Waals surface area (Å²) in [4.78, 5) is 3.80. The Labute approximate surface area is 105 Å². The van der Waals surface area contributed by atoms with Gasteiger partial charge < -0.3 is 0 Å². The van der Waals surface area contributed by atoms with Gasteiger partial charge in [0.15, 0.2) is 0 Å². The number of rotatable bonds is 5. The van der Waals surface area contributed by atoms with Crippen molar-refractivity contribution in [1.29, 1.82) is 5.26 Å². The van der Waals surface area contributed by atoms with Crippen LogP contribution >= 0.6 is 11.8 Å². The summed E-state index contributed by atoms with van der Waals surface area (Å²) < 4.78 is 26.3. The first-order valence-corrected chi connectivity index (χ1v) is 7.74. The van der Waals surface area contributed by atoms with Crippen molar-refractivity contribution in [1.82, 2.24) is 9.71 Å². The Hall–Kier alpha value is -1.10. The third-order valence-electron chi connectivity index (χ3n) is 1.93. The summed E-state index contributed by atoms with van der Waals surface area (Å²) in [5.74, 6) is 0.697. The first kappa shape index (κ1) is 14.0. The minimum Gasteiger partial charge on any atom is -0.244 e. The van der Waals surface area contributed by atoms with Crippen LogP contribution in [0.5, 0.6) is 0 Å². The van der Waals surface area contributed by atoms with Crippen molar-refractivity contribution in [3.05, 3.63) is 24.0 Å². The van der Waals surface area contributed by atoms with Crippen molar-refractivity contribution in [3.63, 3.8) is 0 Å². The summed E-state index contributed by atoms with van der Waals surface area (Å²) >= 11 is 1.57. The van der Waals surface area contributed by atoms with Gasteiger partial charge >= 0.3 is 0 Å². The van der Waals surface area contributed by atoms with E-state index in [1.165, 1.54) is 18.3 Å². The predicted octanol–water partition coefficient (Wildman–Crippen LogP) is 0.983. The lowest BCUT2D eigenvalue weighted by atomic mass is 10.4. The highest BCUT2D eigenvalue weighted by Crippen LogP contribution is 2.09. The lowest BCUT2D eigenvalue weighted by Crippen LogP contribution is -2.34. The molecular weight excluding hydrogens is 258 g/mol. The second kappa shape index (κ2) is 6.00. The van der Waals surface area contributed by atoms with Crippen molar-refractivity contribution >= 4 is 21.8 Å². The third kappa shape index (κ3) is 4.00. The Balaban J connectivity index is 2.86. The van der Waals surface area contributed by atoms with Gasteiger partial charge in [-0.2, -0.15) is 17.0 Å². The molecule has 0 spiro atoms. The molecule has 1 N–H and O–H groups in total. The quantitative estimate of drug-likeness (QED) is 0.863. The molecule has 0 aliphatic rings. The van der Waals surface area contributed by atoms with Gasteiger partial charge in [-0.25, -0.2) is 18.1 Å². The molecule has 0 saturated carbocycles. The molecule has 1 atom stereocenters. The molecule has 1 rings (SSSR count). The van der Waals surface area contributed by atoms with Gasteiger partial charge in [0, 0.05) is 18.0 Å². The molecule has 1 heterocycles. The van der Waals surface area contributed by atoms with E-state index in [0.717, 1.165) is 0 Å². The minimum atomic E-state index is -3.54. The van der Waals surface area contributed by atoms with E-state index in [-0.39, 0.29) is 16.6 Å². The number of pyridine rings is 1. The van der Waals surface area contributed by atoms with Gasteiger partial charge in [-0.15, -0.1) is 0 Å². The van der Waals surface area contributed by atoms with E-state index in [1.54, 1.807) is 18.7 Å². The Morgan fingerprint density at radius 1 is 1.59 bits per heavy atom. The summed E-state index contributed by atoms with van der Waals surface area (Å²) in [7, 11) is -3.54. The Morgan fingerprint density at radius 2 is 2.29 bits per heavy atom. The molecule has 1 unspecified atom stereocenters. The zero-order chi connectivity index (χ0) is 12.9. The molecule has 0 saturated heterocycles. The largest absolute Gasteiger partial charge is 0.244 e. The molecule has 0 fully saturated rings. The van der Waals surface area contributed by atoms with Gasteiger partial charge in [0.05, 0.1) is 0 Å². The molecular formula is C10H13N3O2S2. The van der Waals surface area contributed by atoms with Crippen LogP contribution < -0.4 is 4.72 Å². The van der Waals surface area contributed by atoms with E-state index >= 15 is 0 Å². The van der Waals surface area contributed by atoms with Crippen LogP contribution in [0.3, 0.4) is 0 Å². The standard InChI is InChI=1S/C10H13N3O2S2/c1-8(7-16-2)13-17(14,15)10-4-3-9(5-11)12-6-10/h3-4,6,8,13H,7H2,1-2H3. The zero-order valence-electron chi connectivity index (χ0n) is 9.54. The van der Waals surface area contributed by atoms with Crippen molar-refractivity contribution < 1.29 is 8.42 Å². The Bertz CT molecular complexity index is 505. The van der Waals surface area contributed by atoms with Gasteiger partial charge in [0.25, 0.3) is 0 Å². The Kier molecular flexibility index (Phi) is 4.93. The lowest BCUT2D eigenvalue weighted by Gasteiger charge is -2.12. The van der Waals surface area contributed by atoms with Gasteiger partial charge in [0.1, 0.15) is 16.7 Å². The maximum Gasteiger partial charge on any atom is 0.242 e. The SMILES string of the molecule is CSCC(C)NS(=O)(=O)c1ccc(C#N)nc1. The molecule has 5 nitrogen and oxygen atoms in total. The van der Waals surface area contributed by atoms with Crippen LogP contribution in [0.4, 0.5) is 0 Å². The second-order valence-electron chi connectivity index (χ2n) is 3.47. The van der Waals surface area contributed by atoms with E-state index in [2.05, 4.69) is 9.71 Å². The molecule has 0 aliphatic carbocycles. The molecule has 92 valence electrons. The van der Waals surface area contributed by atoms with Crippen molar-refractivity contribution in [2.45, 2.75) is 17.9 Å². The highest BCUT2D eigenvalue weighted by molar-refractivity contribution is 7.98. The molecule has 7 heteroatoms. The molecule has 1 aromatic heterocycles. The van der Waals surface area contributed by atoms with Gasteiger partial charge in [0.2, 0.25) is 10.0 Å². The fraction of sp³-hybridized carbons (Fsp3) is 0.400. The molecule has 0 aromatic carbocycles. The molecule has 0 bridgehead atoms. The van der Waals surface area contributed by atoms with E-state index < -0.39 is 10.0 Å². The smallest absolute Gasteiger partial charge is 0.242 e. The summed E-state index contributed by atoms with van der Waals surface area (Å²) in [5.41, 5.74) is 0.195. The highest BCUT2D eigenvalue weighted by Gasteiger charge is 2.17. The number of nitriles is 1. The molecule has 0 radical (unpaired) electrons. The topological polar surface area (TPSA) is 82.9 Å². The fourth-order valence-corrected chi connectivity index (χ4v) is 3.10. The van der Waals surface area contributed by atoms with Gasteiger partial charge in [-0.3, -0.25) is 0 Å². The van der Waals surface area contributed by atoms with E-state index in [1.807, 2.05) is 12.3 Å². The first-order valence-electron chi connectivity index (χ1n) is 4.87. The summed E-state index contributed by atoms with van der Waals surface area (Å²) in [5, 5.41) is 8.57. The summed E-state index contributed by atoms with van der Waals surface area (Å²) in [6, 6.07) is 4.45. The van der Waals surface area contributed by atoms with Crippen molar-refractivity contribution in [2.24, 2.45) is 0 Å². The average molecular weight is 271 g/mol. The second-order valence-corrected chi connectivity index (χ2v) is 6.09. The molecule has 0 amide bonds. The van der Waals surface area contributed by atoms with Crippen LogP contribution in [0.15, 0.2) is 23.2 Å². The normalized spacial score (nSPS) is 13.0. The minimum absolute atomic E-state index is 0.0736. The van der Waals surface area contributed by atoms with Crippen LogP contribution in [0.25, 0.3) is 0 Å². The first-order chi connectivity index (χ1) is 7.99. The van der Waals surface area contributed by atoms with Gasteiger partial charge in [-0.05, 0) is 25.3 Å². The van der Waals surface area contributed by atoms with E-state index in [0.29, 0.717) is 5.75 Å². The maximum atomic E-state index is 11.9. The molecule has 1 aromatic rings. The average Bonchev–Trinajstić information content (AvgIpc) is 2.28. The molecule has 17 heavy (non-hydrogen) atoms. The van der Waals surface area contributed by atoms with Crippen molar-refractivity contribution in [2.75, 3.05) is 12.0 Å². The van der Waals surface area contributed by atoms with Crippen LogP contribution in [0, 0.1) is 11.3 Å². The highest BCUT2D eigenvalue weighted by atomic mass is 32.2. The number of nitrogens with one attached hydrogen (secondary N) is 1. The van der Waals surface area contributed by atoms with Crippen LogP contribution in [-0.4, -0.2) is 31.5 Å². The zero-order valence-corrected chi connectivity index (χ0v) is 11.2. The number of hydrogen-bond acceptors (Lipinski definition) is 5. The number of nitrogens with zero attached hydrogens (tertiary/aromatic N) is 2. The van der Waals surface area contributed by atoms with Crippen LogP contribution in [0.2, 0.25) is 0 Å².